The molecule has 10 nitrogen and oxygen atoms in total. The molecule has 0 spiro atoms. The number of nitrogens with zero attached hydrogens (tertiary/aromatic N) is 3. The van der Waals surface area contributed by atoms with Crippen molar-refractivity contribution in [1.82, 2.24) is 14.9 Å². The molecular weight excluding hydrogens is 595 g/mol. The van der Waals surface area contributed by atoms with E-state index in [4.69, 9.17) is 23.1 Å². The van der Waals surface area contributed by atoms with Crippen molar-refractivity contribution in [3.63, 3.8) is 0 Å². The molecule has 45 heavy (non-hydrogen) atoms. The number of carbonyl (C=O) groups excluding carboxylic acids is 1. The topological polar surface area (TPSA) is 155 Å². The van der Waals surface area contributed by atoms with Gasteiger partial charge in [-0.05, 0) is 94.3 Å². The number of anilines is 2. The van der Waals surface area contributed by atoms with Crippen LogP contribution in [0, 0.1) is 12.7 Å². The van der Waals surface area contributed by atoms with Crippen molar-refractivity contribution < 1.29 is 14.3 Å². The van der Waals surface area contributed by atoms with Crippen molar-refractivity contribution in [1.29, 1.82) is 0 Å². The van der Waals surface area contributed by atoms with E-state index in [2.05, 4.69) is 26.0 Å². The summed E-state index contributed by atoms with van der Waals surface area (Å²) in [7, 11) is 0. The fraction of sp³-hybridized carbons (Fsp3) is 0.364. The van der Waals surface area contributed by atoms with Crippen molar-refractivity contribution in [3.8, 4) is 11.1 Å². The molecular formula is C33H40ClFN8O2. The largest absolute Gasteiger partial charge is 0.390 e. The zero-order valence-corrected chi connectivity index (χ0v) is 26.5. The highest BCUT2D eigenvalue weighted by Crippen LogP contribution is 2.34. The van der Waals surface area contributed by atoms with Gasteiger partial charge in [0.2, 0.25) is 0 Å². The van der Waals surface area contributed by atoms with Gasteiger partial charge in [0.05, 0.1) is 39.3 Å². The van der Waals surface area contributed by atoms with Crippen molar-refractivity contribution in [3.05, 3.63) is 76.8 Å². The van der Waals surface area contributed by atoms with Gasteiger partial charge in [0.25, 0.3) is 0 Å². The highest BCUT2D eigenvalue weighted by molar-refractivity contribution is 6.33. The molecule has 0 bridgehead atoms. The van der Waals surface area contributed by atoms with Crippen LogP contribution < -0.4 is 27.4 Å². The molecule has 2 aromatic heterocycles. The number of aromatic nitrogens is 2. The van der Waals surface area contributed by atoms with Crippen LogP contribution in [0.25, 0.3) is 16.6 Å². The van der Waals surface area contributed by atoms with Crippen molar-refractivity contribution >= 4 is 46.0 Å². The first-order valence-electron chi connectivity index (χ1n) is 15.1. The van der Waals surface area contributed by atoms with E-state index in [0.29, 0.717) is 24.2 Å². The molecule has 12 heteroatoms. The Bertz CT molecular complexity index is 1720. The second-order valence-corrected chi connectivity index (χ2v) is 12.7. The quantitative estimate of drug-likeness (QED) is 0.0965. The zero-order chi connectivity index (χ0) is 32.3. The molecule has 2 aromatic carbocycles. The minimum atomic E-state index is -0.852. The number of aryl methyl sites for hydroxylation is 1. The van der Waals surface area contributed by atoms with Gasteiger partial charge < -0.3 is 32.5 Å². The number of halogens is 2. The lowest BCUT2D eigenvalue weighted by Gasteiger charge is -2.28. The molecule has 238 valence electrons. The smallest absolute Gasteiger partial charge is 0.319 e. The van der Waals surface area contributed by atoms with Gasteiger partial charge in [0, 0.05) is 42.1 Å². The molecule has 2 amide bonds. The Labute approximate surface area is 267 Å². The molecule has 0 saturated heterocycles. The number of amidine groups is 1. The lowest BCUT2D eigenvalue weighted by atomic mass is 9.91. The predicted octanol–water partition coefficient (Wildman–Crippen LogP) is 6.10. The maximum Gasteiger partial charge on any atom is 0.319 e. The summed E-state index contributed by atoms with van der Waals surface area (Å²) in [5, 5.41) is 24.1. The molecule has 0 radical (unpaired) electrons. The third-order valence-corrected chi connectivity index (χ3v) is 8.32. The molecule has 1 fully saturated rings. The molecule has 4 aromatic rings. The van der Waals surface area contributed by atoms with Gasteiger partial charge in [-0.3, -0.25) is 0 Å². The standard InChI is InChI=1S/C33H40ClFN8O2/c1-19-14-24(41-32(44)38-13-12-33(2,3)45)9-10-25(19)20-15-29-30(40-23-7-5-22(36)6-8-23)26(17-39-43(29)18-20)31(37)42-28-16-21(35)4-11-27(28)34/h4,9-11,14-18,22-23,40,45H,5-8,12-13,36H2,1-3H3,(H2,37,42)(H2,38,41,44). The summed E-state index contributed by atoms with van der Waals surface area (Å²) in [4.78, 5) is 16.8. The van der Waals surface area contributed by atoms with Crippen molar-refractivity contribution in [2.24, 2.45) is 16.5 Å². The van der Waals surface area contributed by atoms with E-state index in [-0.39, 0.29) is 34.7 Å². The number of carbonyl (C=O) groups is 1. The summed E-state index contributed by atoms with van der Waals surface area (Å²) in [5.41, 5.74) is 17.7. The number of nitrogens with one attached hydrogen (secondary N) is 3. The van der Waals surface area contributed by atoms with Crippen molar-refractivity contribution in [2.75, 3.05) is 17.2 Å². The third kappa shape index (κ3) is 8.10. The average Bonchev–Trinajstić information content (AvgIpc) is 3.40. The van der Waals surface area contributed by atoms with E-state index in [1.54, 1.807) is 24.6 Å². The normalized spacial score (nSPS) is 17.4. The molecule has 0 atom stereocenters. The van der Waals surface area contributed by atoms with E-state index in [9.17, 15) is 14.3 Å². The van der Waals surface area contributed by atoms with Crippen LogP contribution in [0.4, 0.5) is 26.2 Å². The molecule has 5 rings (SSSR count). The molecule has 0 unspecified atom stereocenters. The van der Waals surface area contributed by atoms with Crippen LogP contribution in [0.1, 0.15) is 57.1 Å². The minimum Gasteiger partial charge on any atom is -0.390 e. The summed E-state index contributed by atoms with van der Waals surface area (Å²) >= 11 is 6.28. The summed E-state index contributed by atoms with van der Waals surface area (Å²) in [5.74, 6) is -0.307. The fourth-order valence-corrected chi connectivity index (χ4v) is 5.66. The van der Waals surface area contributed by atoms with Crippen LogP contribution in [0.5, 0.6) is 0 Å². The molecule has 2 heterocycles. The van der Waals surface area contributed by atoms with Crippen LogP contribution in [-0.4, -0.2) is 50.8 Å². The van der Waals surface area contributed by atoms with Gasteiger partial charge in [-0.15, -0.1) is 0 Å². The van der Waals surface area contributed by atoms with Crippen LogP contribution in [-0.2, 0) is 0 Å². The number of aliphatic hydroxyl groups is 1. The van der Waals surface area contributed by atoms with Crippen LogP contribution in [0.3, 0.4) is 0 Å². The SMILES string of the molecule is Cc1cc(NC(=O)NCCC(C)(C)O)ccc1-c1cc2c(NC3CCC(N)CC3)c(C(N)=Nc3cc(F)ccc3Cl)cnn2c1. The first-order chi connectivity index (χ1) is 21.4. The van der Waals surface area contributed by atoms with E-state index in [1.165, 1.54) is 18.2 Å². The highest BCUT2D eigenvalue weighted by atomic mass is 35.5. The molecule has 0 aliphatic heterocycles. The van der Waals surface area contributed by atoms with Gasteiger partial charge >= 0.3 is 6.03 Å². The number of hydrogen-bond acceptors (Lipinski definition) is 6. The Hall–Kier alpha value is -4.19. The average molecular weight is 635 g/mol. The van der Waals surface area contributed by atoms with Gasteiger partial charge in [0.15, 0.2) is 0 Å². The first kappa shape index (κ1) is 32.2. The third-order valence-electron chi connectivity index (χ3n) is 8.00. The molecule has 1 aliphatic rings. The molecule has 8 N–H and O–H groups in total. The number of aliphatic imine (C=N–C) groups is 1. The maximum absolute atomic E-state index is 14.0. The van der Waals surface area contributed by atoms with Gasteiger partial charge in [-0.25, -0.2) is 18.7 Å². The Morgan fingerprint density at radius 3 is 2.64 bits per heavy atom. The Kier molecular flexibility index (Phi) is 9.62. The lowest BCUT2D eigenvalue weighted by Crippen LogP contribution is -2.33. The van der Waals surface area contributed by atoms with Gasteiger partial charge in [-0.1, -0.05) is 17.7 Å². The number of urea groups is 1. The predicted molar refractivity (Wildman–Crippen MR) is 179 cm³/mol. The maximum atomic E-state index is 14.0. The van der Waals surface area contributed by atoms with E-state index < -0.39 is 11.4 Å². The number of fused-ring (bicyclic) bond motifs is 1. The van der Waals surface area contributed by atoms with E-state index >= 15 is 0 Å². The Morgan fingerprint density at radius 2 is 1.93 bits per heavy atom. The number of hydrogen-bond donors (Lipinski definition) is 6. The van der Waals surface area contributed by atoms with E-state index in [1.807, 2.05) is 37.4 Å². The van der Waals surface area contributed by atoms with Crippen molar-refractivity contribution in [2.45, 2.75) is 70.6 Å². The van der Waals surface area contributed by atoms with Gasteiger partial charge in [0.1, 0.15) is 11.7 Å². The first-order valence-corrected chi connectivity index (χ1v) is 15.5. The minimum absolute atomic E-state index is 0.155. The summed E-state index contributed by atoms with van der Waals surface area (Å²) < 4.78 is 15.8. The number of nitrogens with two attached hydrogens (primary N) is 2. The Morgan fingerprint density at radius 1 is 1.18 bits per heavy atom. The number of benzene rings is 2. The lowest BCUT2D eigenvalue weighted by molar-refractivity contribution is 0.0721. The summed E-state index contributed by atoms with van der Waals surface area (Å²) in [6, 6.07) is 11.7. The highest BCUT2D eigenvalue weighted by Gasteiger charge is 2.23. The van der Waals surface area contributed by atoms with Crippen LogP contribution in [0.2, 0.25) is 5.02 Å². The molecule has 1 saturated carbocycles. The van der Waals surface area contributed by atoms with E-state index in [0.717, 1.165) is 53.6 Å². The zero-order valence-electron chi connectivity index (χ0n) is 25.7. The number of rotatable bonds is 9. The monoisotopic (exact) mass is 634 g/mol. The second-order valence-electron chi connectivity index (χ2n) is 12.3. The Balaban J connectivity index is 1.46. The summed E-state index contributed by atoms with van der Waals surface area (Å²) in [6.45, 7) is 5.73. The second kappa shape index (κ2) is 13.4. The summed E-state index contributed by atoms with van der Waals surface area (Å²) in [6.07, 6.45) is 7.69. The van der Waals surface area contributed by atoms with Gasteiger partial charge in [-0.2, -0.15) is 5.10 Å². The molecule has 1 aliphatic carbocycles. The van der Waals surface area contributed by atoms with Crippen LogP contribution in [0.15, 0.2) is 59.9 Å². The van der Waals surface area contributed by atoms with Crippen LogP contribution >= 0.6 is 11.6 Å². The fourth-order valence-electron chi connectivity index (χ4n) is 5.50. The number of amides is 2.